The zero-order valence-corrected chi connectivity index (χ0v) is 10.7. The molecule has 0 aliphatic carbocycles. The number of pyridine rings is 1. The minimum Gasteiger partial charge on any atom is -0.353 e. The molecule has 1 N–H and O–H groups in total. The fourth-order valence-corrected chi connectivity index (χ4v) is 2.11. The van der Waals surface area contributed by atoms with Crippen molar-refractivity contribution in [2.24, 2.45) is 0 Å². The summed E-state index contributed by atoms with van der Waals surface area (Å²) in [6, 6.07) is 13.8. The van der Waals surface area contributed by atoms with Gasteiger partial charge in [0.15, 0.2) is 0 Å². The number of halogens is 2. The molecular formula is C15H10ClFN2. The van der Waals surface area contributed by atoms with E-state index in [-0.39, 0.29) is 5.82 Å². The van der Waals surface area contributed by atoms with Crippen molar-refractivity contribution in [1.29, 1.82) is 0 Å². The Morgan fingerprint density at radius 1 is 1.00 bits per heavy atom. The SMILES string of the molecule is Fc1ccccc1Nc1ccnc2ccc(Cl)cc12. The van der Waals surface area contributed by atoms with E-state index in [0.717, 1.165) is 16.6 Å². The van der Waals surface area contributed by atoms with Crippen LogP contribution in [0.3, 0.4) is 0 Å². The Morgan fingerprint density at radius 3 is 2.68 bits per heavy atom. The minimum absolute atomic E-state index is 0.297. The van der Waals surface area contributed by atoms with E-state index >= 15 is 0 Å². The summed E-state index contributed by atoms with van der Waals surface area (Å²) < 4.78 is 13.7. The Bertz CT molecular complexity index is 743. The van der Waals surface area contributed by atoms with Gasteiger partial charge in [-0.15, -0.1) is 0 Å². The van der Waals surface area contributed by atoms with Gasteiger partial charge in [-0.25, -0.2) is 4.39 Å². The van der Waals surface area contributed by atoms with Crippen LogP contribution < -0.4 is 5.32 Å². The third kappa shape index (κ3) is 2.37. The van der Waals surface area contributed by atoms with Crippen LogP contribution in [-0.2, 0) is 0 Å². The van der Waals surface area contributed by atoms with Crippen LogP contribution in [0.1, 0.15) is 0 Å². The topological polar surface area (TPSA) is 24.9 Å². The zero-order valence-electron chi connectivity index (χ0n) is 9.90. The Balaban J connectivity index is 2.10. The molecule has 0 saturated carbocycles. The number of benzene rings is 2. The molecule has 0 aliphatic rings. The van der Waals surface area contributed by atoms with Crippen molar-refractivity contribution >= 4 is 33.9 Å². The fourth-order valence-electron chi connectivity index (χ4n) is 1.94. The van der Waals surface area contributed by atoms with Gasteiger partial charge in [0.05, 0.1) is 11.2 Å². The molecule has 0 bridgehead atoms. The number of rotatable bonds is 2. The van der Waals surface area contributed by atoms with Gasteiger partial charge in [0.1, 0.15) is 5.82 Å². The smallest absolute Gasteiger partial charge is 0.146 e. The van der Waals surface area contributed by atoms with Gasteiger partial charge in [0.2, 0.25) is 0 Å². The van der Waals surface area contributed by atoms with Crippen molar-refractivity contribution in [3.63, 3.8) is 0 Å². The molecule has 0 spiro atoms. The molecule has 0 fully saturated rings. The molecule has 0 radical (unpaired) electrons. The second-order valence-corrected chi connectivity index (χ2v) is 4.56. The van der Waals surface area contributed by atoms with E-state index in [1.807, 2.05) is 12.1 Å². The van der Waals surface area contributed by atoms with Gasteiger partial charge in [-0.2, -0.15) is 0 Å². The average Bonchev–Trinajstić information content (AvgIpc) is 2.42. The number of aromatic nitrogens is 1. The van der Waals surface area contributed by atoms with Crippen molar-refractivity contribution in [2.75, 3.05) is 5.32 Å². The quantitative estimate of drug-likeness (QED) is 0.727. The molecule has 1 aromatic heterocycles. The number of fused-ring (bicyclic) bond motifs is 1. The first-order valence-electron chi connectivity index (χ1n) is 5.80. The van der Waals surface area contributed by atoms with Gasteiger partial charge in [0.25, 0.3) is 0 Å². The highest BCUT2D eigenvalue weighted by atomic mass is 35.5. The number of anilines is 2. The monoisotopic (exact) mass is 272 g/mol. The summed E-state index contributed by atoms with van der Waals surface area (Å²) in [4.78, 5) is 4.25. The van der Waals surface area contributed by atoms with Crippen LogP contribution in [0, 0.1) is 5.82 Å². The van der Waals surface area contributed by atoms with Crippen molar-refractivity contribution in [2.45, 2.75) is 0 Å². The maximum Gasteiger partial charge on any atom is 0.146 e. The Labute approximate surface area is 114 Å². The first kappa shape index (κ1) is 11.9. The lowest BCUT2D eigenvalue weighted by Gasteiger charge is -2.10. The highest BCUT2D eigenvalue weighted by Crippen LogP contribution is 2.28. The molecule has 0 aliphatic heterocycles. The van der Waals surface area contributed by atoms with E-state index in [9.17, 15) is 4.39 Å². The number of nitrogens with one attached hydrogen (secondary N) is 1. The second kappa shape index (κ2) is 4.86. The average molecular weight is 273 g/mol. The molecule has 2 aromatic carbocycles. The fraction of sp³-hybridized carbons (Fsp3) is 0. The van der Waals surface area contributed by atoms with Crippen LogP contribution in [0.2, 0.25) is 5.02 Å². The molecule has 2 nitrogen and oxygen atoms in total. The maximum absolute atomic E-state index is 13.7. The van der Waals surface area contributed by atoms with Gasteiger partial charge in [-0.05, 0) is 36.4 Å². The first-order valence-corrected chi connectivity index (χ1v) is 6.18. The van der Waals surface area contributed by atoms with E-state index < -0.39 is 0 Å². The first-order chi connectivity index (χ1) is 9.24. The molecule has 3 rings (SSSR count). The Hall–Kier alpha value is -2.13. The molecule has 0 unspecified atom stereocenters. The van der Waals surface area contributed by atoms with Crippen LogP contribution >= 0.6 is 11.6 Å². The molecule has 19 heavy (non-hydrogen) atoms. The van der Waals surface area contributed by atoms with Crippen molar-refractivity contribution < 1.29 is 4.39 Å². The van der Waals surface area contributed by atoms with Crippen molar-refractivity contribution in [1.82, 2.24) is 4.98 Å². The summed E-state index contributed by atoms with van der Waals surface area (Å²) in [5.74, 6) is -0.297. The van der Waals surface area contributed by atoms with E-state index in [4.69, 9.17) is 11.6 Å². The third-order valence-electron chi connectivity index (χ3n) is 2.85. The Morgan fingerprint density at radius 2 is 1.84 bits per heavy atom. The minimum atomic E-state index is -0.297. The van der Waals surface area contributed by atoms with E-state index in [1.54, 1.807) is 36.5 Å². The van der Waals surface area contributed by atoms with Crippen LogP contribution in [0.15, 0.2) is 54.7 Å². The summed E-state index contributed by atoms with van der Waals surface area (Å²) in [7, 11) is 0. The summed E-state index contributed by atoms with van der Waals surface area (Å²) >= 11 is 6.00. The molecule has 1 heterocycles. The summed E-state index contributed by atoms with van der Waals surface area (Å²) in [5.41, 5.74) is 2.01. The Kier molecular flexibility index (Phi) is 3.05. The summed E-state index contributed by atoms with van der Waals surface area (Å²) in [6.07, 6.45) is 1.68. The lowest BCUT2D eigenvalue weighted by atomic mass is 10.2. The standard InChI is InChI=1S/C15H10ClFN2/c16-10-5-6-13-11(9-10)14(7-8-18-13)19-15-4-2-1-3-12(15)17/h1-9H,(H,18,19). The van der Waals surface area contributed by atoms with E-state index in [2.05, 4.69) is 10.3 Å². The highest BCUT2D eigenvalue weighted by Gasteiger charge is 2.05. The molecule has 0 atom stereocenters. The van der Waals surface area contributed by atoms with Gasteiger partial charge in [0, 0.05) is 22.3 Å². The normalized spacial score (nSPS) is 10.6. The van der Waals surface area contributed by atoms with Crippen molar-refractivity contribution in [3.05, 3.63) is 65.6 Å². The van der Waals surface area contributed by atoms with Crippen molar-refractivity contribution in [3.8, 4) is 0 Å². The third-order valence-corrected chi connectivity index (χ3v) is 3.08. The zero-order chi connectivity index (χ0) is 13.2. The van der Waals surface area contributed by atoms with Crippen LogP contribution in [0.25, 0.3) is 10.9 Å². The predicted molar refractivity (Wildman–Crippen MR) is 76.4 cm³/mol. The molecule has 0 amide bonds. The molecule has 3 aromatic rings. The number of nitrogens with zero attached hydrogens (tertiary/aromatic N) is 1. The van der Waals surface area contributed by atoms with Gasteiger partial charge in [-0.1, -0.05) is 23.7 Å². The van der Waals surface area contributed by atoms with E-state index in [0.29, 0.717) is 10.7 Å². The molecular weight excluding hydrogens is 263 g/mol. The molecule has 94 valence electrons. The number of hydrogen-bond acceptors (Lipinski definition) is 2. The summed E-state index contributed by atoms with van der Waals surface area (Å²) in [6.45, 7) is 0. The van der Waals surface area contributed by atoms with Gasteiger partial charge in [-0.3, -0.25) is 4.98 Å². The second-order valence-electron chi connectivity index (χ2n) is 4.12. The largest absolute Gasteiger partial charge is 0.353 e. The molecule has 0 saturated heterocycles. The molecule has 4 heteroatoms. The van der Waals surface area contributed by atoms with Crippen LogP contribution in [0.4, 0.5) is 15.8 Å². The predicted octanol–water partition coefficient (Wildman–Crippen LogP) is 4.77. The highest BCUT2D eigenvalue weighted by molar-refractivity contribution is 6.31. The lowest BCUT2D eigenvalue weighted by molar-refractivity contribution is 0.632. The van der Waals surface area contributed by atoms with Gasteiger partial charge < -0.3 is 5.32 Å². The summed E-state index contributed by atoms with van der Waals surface area (Å²) in [5, 5.41) is 4.55. The number of para-hydroxylation sites is 1. The van der Waals surface area contributed by atoms with Gasteiger partial charge >= 0.3 is 0 Å². The number of hydrogen-bond donors (Lipinski definition) is 1. The van der Waals surface area contributed by atoms with Crippen LogP contribution in [0.5, 0.6) is 0 Å². The van der Waals surface area contributed by atoms with Crippen LogP contribution in [-0.4, -0.2) is 4.98 Å². The van der Waals surface area contributed by atoms with E-state index in [1.165, 1.54) is 6.07 Å². The lowest BCUT2D eigenvalue weighted by Crippen LogP contribution is -1.95. The maximum atomic E-state index is 13.7.